The highest BCUT2D eigenvalue weighted by molar-refractivity contribution is 5.77. The maximum absolute atomic E-state index is 10.8. The highest BCUT2D eigenvalue weighted by atomic mass is 16.7. The van der Waals surface area contributed by atoms with Gasteiger partial charge in [0.15, 0.2) is 0 Å². The summed E-state index contributed by atoms with van der Waals surface area (Å²) >= 11 is 0. The second-order valence-corrected chi connectivity index (χ2v) is 4.64. The van der Waals surface area contributed by atoms with Crippen molar-refractivity contribution in [1.82, 2.24) is 0 Å². The molecule has 2 rings (SSSR count). The molecule has 0 radical (unpaired) electrons. The van der Waals surface area contributed by atoms with Crippen LogP contribution in [0.25, 0.3) is 11.1 Å². The molecular weight excluding hydrogens is 272 g/mol. The molecule has 3 N–H and O–H groups in total. The summed E-state index contributed by atoms with van der Waals surface area (Å²) in [6.45, 7) is 2.01. The van der Waals surface area contributed by atoms with E-state index >= 15 is 0 Å². The molecule has 0 spiro atoms. The molecule has 5 heteroatoms. The fourth-order valence-electron chi connectivity index (χ4n) is 2.23. The van der Waals surface area contributed by atoms with Crippen molar-refractivity contribution in [1.29, 1.82) is 0 Å². The fourth-order valence-corrected chi connectivity index (χ4v) is 2.23. The topological polar surface area (TPSA) is 87.0 Å². The first-order valence-electron chi connectivity index (χ1n) is 6.57. The minimum Gasteiger partial charge on any atom is -0.508 e. The van der Waals surface area contributed by atoms with Crippen molar-refractivity contribution in [2.75, 3.05) is 0 Å². The Morgan fingerprint density at radius 2 is 1.67 bits per heavy atom. The van der Waals surface area contributed by atoms with Crippen LogP contribution in [-0.4, -0.2) is 21.5 Å². The van der Waals surface area contributed by atoms with E-state index in [2.05, 4.69) is 0 Å². The molecule has 0 aliphatic carbocycles. The Hall–Kier alpha value is -2.69. The van der Waals surface area contributed by atoms with E-state index in [0.29, 0.717) is 5.56 Å². The summed E-state index contributed by atoms with van der Waals surface area (Å²) in [5.41, 5.74) is 2.21. The maximum atomic E-state index is 10.8. The van der Waals surface area contributed by atoms with E-state index in [1.165, 1.54) is 18.2 Å². The number of hydrogen-bond donors (Lipinski definition) is 3. The van der Waals surface area contributed by atoms with Gasteiger partial charge in [0.05, 0.1) is 0 Å². The third kappa shape index (κ3) is 3.45. The van der Waals surface area contributed by atoms with Crippen LogP contribution in [0.1, 0.15) is 18.9 Å². The summed E-state index contributed by atoms with van der Waals surface area (Å²) in [6, 6.07) is 9.21. The molecule has 0 bridgehead atoms. The molecule has 2 aromatic rings. The van der Waals surface area contributed by atoms with Gasteiger partial charge >= 0.3 is 6.16 Å². The Balaban J connectivity index is 2.58. The van der Waals surface area contributed by atoms with E-state index in [1.807, 2.05) is 6.92 Å². The van der Waals surface area contributed by atoms with Gasteiger partial charge in [-0.15, -0.1) is 0 Å². The lowest BCUT2D eigenvalue weighted by Gasteiger charge is -2.13. The number of rotatable bonds is 4. The van der Waals surface area contributed by atoms with Crippen molar-refractivity contribution >= 4 is 6.16 Å². The molecule has 0 atom stereocenters. The zero-order valence-corrected chi connectivity index (χ0v) is 11.5. The summed E-state index contributed by atoms with van der Waals surface area (Å²) in [7, 11) is 0. The van der Waals surface area contributed by atoms with Crippen molar-refractivity contribution in [3.63, 3.8) is 0 Å². The molecule has 110 valence electrons. The SMILES string of the molecule is CCCc1cc(O)ccc1-c1ccc(O)cc1OC(=O)O. The van der Waals surface area contributed by atoms with Gasteiger partial charge in [-0.3, -0.25) is 0 Å². The van der Waals surface area contributed by atoms with Gasteiger partial charge in [-0.2, -0.15) is 0 Å². The molecule has 0 unspecified atom stereocenters. The third-order valence-corrected chi connectivity index (χ3v) is 3.06. The van der Waals surface area contributed by atoms with Gasteiger partial charge in [0.25, 0.3) is 0 Å². The first-order chi connectivity index (χ1) is 10.0. The number of ether oxygens (including phenoxy) is 1. The van der Waals surface area contributed by atoms with Gasteiger partial charge < -0.3 is 20.1 Å². The first kappa shape index (κ1) is 14.7. The number of hydrogen-bond acceptors (Lipinski definition) is 4. The van der Waals surface area contributed by atoms with Crippen LogP contribution in [0.15, 0.2) is 36.4 Å². The standard InChI is InChI=1S/C16H16O5/c1-2-3-10-8-11(17)4-6-13(10)14-7-5-12(18)9-15(14)21-16(19)20/h4-9,17-18H,2-3H2,1H3,(H,19,20). The quantitative estimate of drug-likeness (QED) is 0.588. The number of phenolic OH excluding ortho intramolecular Hbond substituents is 2. The van der Waals surface area contributed by atoms with E-state index in [9.17, 15) is 15.0 Å². The van der Waals surface area contributed by atoms with Gasteiger partial charge in [0.2, 0.25) is 0 Å². The number of carboxylic acid groups (broad SMARTS) is 1. The van der Waals surface area contributed by atoms with Crippen molar-refractivity contribution in [2.45, 2.75) is 19.8 Å². The summed E-state index contributed by atoms with van der Waals surface area (Å²) < 4.78 is 4.74. The van der Waals surface area contributed by atoms with Crippen LogP contribution in [0.3, 0.4) is 0 Å². The molecule has 5 nitrogen and oxygen atoms in total. The minimum absolute atomic E-state index is 0.0607. The zero-order chi connectivity index (χ0) is 15.4. The van der Waals surface area contributed by atoms with Gasteiger partial charge in [-0.1, -0.05) is 19.4 Å². The number of carbonyl (C=O) groups is 1. The monoisotopic (exact) mass is 288 g/mol. The van der Waals surface area contributed by atoms with E-state index in [-0.39, 0.29) is 17.2 Å². The van der Waals surface area contributed by atoms with Crippen LogP contribution < -0.4 is 4.74 Å². The summed E-state index contributed by atoms with van der Waals surface area (Å²) in [5.74, 6) is 0.137. The van der Waals surface area contributed by atoms with Crippen LogP contribution in [0.4, 0.5) is 4.79 Å². The average molecular weight is 288 g/mol. The fraction of sp³-hybridized carbons (Fsp3) is 0.188. The van der Waals surface area contributed by atoms with Crippen LogP contribution >= 0.6 is 0 Å². The molecule has 0 saturated carbocycles. The lowest BCUT2D eigenvalue weighted by Crippen LogP contribution is -2.04. The Morgan fingerprint density at radius 1 is 1.05 bits per heavy atom. The number of aryl methyl sites for hydroxylation is 1. The molecule has 21 heavy (non-hydrogen) atoms. The lowest BCUT2D eigenvalue weighted by atomic mass is 9.96. The van der Waals surface area contributed by atoms with Gasteiger partial charge in [0.1, 0.15) is 17.2 Å². The summed E-state index contributed by atoms with van der Waals surface area (Å²) in [4.78, 5) is 10.8. The molecule has 0 fully saturated rings. The second kappa shape index (κ2) is 6.17. The first-order valence-corrected chi connectivity index (χ1v) is 6.57. The molecule has 0 amide bonds. The zero-order valence-electron chi connectivity index (χ0n) is 11.5. The molecule has 2 aromatic carbocycles. The average Bonchev–Trinajstić information content (AvgIpc) is 2.40. The van der Waals surface area contributed by atoms with Gasteiger partial charge in [-0.05, 0) is 41.8 Å². The van der Waals surface area contributed by atoms with Crippen LogP contribution in [0.2, 0.25) is 0 Å². The Labute approximate surface area is 122 Å². The van der Waals surface area contributed by atoms with Crippen molar-refractivity contribution in [3.8, 4) is 28.4 Å². The van der Waals surface area contributed by atoms with Gasteiger partial charge in [-0.25, -0.2) is 4.79 Å². The second-order valence-electron chi connectivity index (χ2n) is 4.64. The molecule has 0 aromatic heterocycles. The number of benzene rings is 2. The van der Waals surface area contributed by atoms with Crippen LogP contribution in [0, 0.1) is 0 Å². The number of aromatic hydroxyl groups is 2. The molecule has 0 heterocycles. The summed E-state index contributed by atoms with van der Waals surface area (Å²) in [6.07, 6.45) is 0.165. The largest absolute Gasteiger partial charge is 0.511 e. The van der Waals surface area contributed by atoms with Crippen LogP contribution in [-0.2, 0) is 6.42 Å². The number of phenols is 2. The Bertz CT molecular complexity index is 664. The maximum Gasteiger partial charge on any atom is 0.511 e. The molecule has 0 saturated heterocycles. The van der Waals surface area contributed by atoms with E-state index in [0.717, 1.165) is 24.0 Å². The van der Waals surface area contributed by atoms with E-state index in [4.69, 9.17) is 9.84 Å². The lowest BCUT2D eigenvalue weighted by molar-refractivity contribution is 0.144. The molecular formula is C16H16O5. The molecule has 0 aliphatic heterocycles. The van der Waals surface area contributed by atoms with Crippen molar-refractivity contribution in [2.24, 2.45) is 0 Å². The highest BCUT2D eigenvalue weighted by Crippen LogP contribution is 2.36. The van der Waals surface area contributed by atoms with Gasteiger partial charge in [0, 0.05) is 11.6 Å². The van der Waals surface area contributed by atoms with Crippen molar-refractivity contribution in [3.05, 3.63) is 42.0 Å². The predicted molar refractivity (Wildman–Crippen MR) is 77.9 cm³/mol. The van der Waals surface area contributed by atoms with Crippen molar-refractivity contribution < 1.29 is 24.9 Å². The molecule has 0 aliphatic rings. The Morgan fingerprint density at radius 3 is 2.29 bits per heavy atom. The minimum atomic E-state index is -1.45. The van der Waals surface area contributed by atoms with E-state index in [1.54, 1.807) is 18.2 Å². The normalized spacial score (nSPS) is 10.3. The summed E-state index contributed by atoms with van der Waals surface area (Å²) in [5, 5.41) is 27.9. The van der Waals surface area contributed by atoms with Crippen LogP contribution in [0.5, 0.6) is 17.2 Å². The Kier molecular flexibility index (Phi) is 4.33. The predicted octanol–water partition coefficient (Wildman–Crippen LogP) is 3.77. The smallest absolute Gasteiger partial charge is 0.508 e. The highest BCUT2D eigenvalue weighted by Gasteiger charge is 2.14. The van der Waals surface area contributed by atoms with E-state index < -0.39 is 6.16 Å². The third-order valence-electron chi connectivity index (χ3n) is 3.06.